The Morgan fingerprint density at radius 1 is 0.973 bits per heavy atom. The molecule has 1 aliphatic heterocycles. The monoisotopic (exact) mass is 495 g/mol. The van der Waals surface area contributed by atoms with Crippen LogP contribution in [0.5, 0.6) is 5.75 Å². The number of benzene rings is 3. The number of amides is 1. The molecule has 1 amide bonds. The first-order chi connectivity index (χ1) is 18.0. The molecule has 0 aliphatic carbocycles. The number of aryl methyl sites for hydroxylation is 4. The van der Waals surface area contributed by atoms with Gasteiger partial charge in [-0.25, -0.2) is 4.98 Å². The SMILES string of the molecule is CCCCc1ccc(N2CC(c3nc4ccccc4n3CCCOc3ccc(C)c(C)c3)CC2=O)cc1. The number of nitrogens with zero attached hydrogens (tertiary/aromatic N) is 3. The largest absolute Gasteiger partial charge is 0.494 e. The number of carbonyl (C=O) groups is 1. The summed E-state index contributed by atoms with van der Waals surface area (Å²) >= 11 is 0. The third kappa shape index (κ3) is 5.56. The number of carbonyl (C=O) groups excluding carboxylic acids is 1. The summed E-state index contributed by atoms with van der Waals surface area (Å²) in [6, 6.07) is 23.0. The van der Waals surface area contributed by atoms with Crippen molar-refractivity contribution in [3.05, 3.63) is 89.2 Å². The second-order valence-electron chi connectivity index (χ2n) is 10.2. The van der Waals surface area contributed by atoms with E-state index in [0.29, 0.717) is 19.6 Å². The Hall–Kier alpha value is -3.60. The van der Waals surface area contributed by atoms with Crippen LogP contribution in [0.4, 0.5) is 5.69 Å². The Morgan fingerprint density at radius 2 is 1.78 bits per heavy atom. The molecule has 1 aromatic heterocycles. The average molecular weight is 496 g/mol. The number of imidazole rings is 1. The van der Waals surface area contributed by atoms with E-state index in [1.807, 2.05) is 17.0 Å². The van der Waals surface area contributed by atoms with Crippen LogP contribution in [0.3, 0.4) is 0 Å². The topological polar surface area (TPSA) is 47.4 Å². The first-order valence-corrected chi connectivity index (χ1v) is 13.6. The molecule has 5 rings (SSSR count). The third-order valence-electron chi connectivity index (χ3n) is 7.51. The van der Waals surface area contributed by atoms with Crippen LogP contribution in [0.25, 0.3) is 11.0 Å². The molecule has 0 N–H and O–H groups in total. The van der Waals surface area contributed by atoms with Gasteiger partial charge < -0.3 is 14.2 Å². The lowest BCUT2D eigenvalue weighted by Gasteiger charge is -2.18. The van der Waals surface area contributed by atoms with Crippen molar-refractivity contribution >= 4 is 22.6 Å². The molecule has 0 saturated carbocycles. The standard InChI is InChI=1S/C32H37N3O2/c1-4-5-9-25-13-15-27(16-14-25)35-22-26(21-31(35)36)32-33-29-10-6-7-11-30(29)34(32)18-8-19-37-28-17-12-23(2)24(3)20-28/h6-7,10-17,20,26H,4-5,8-9,18-19,21-22H2,1-3H3. The molecule has 1 atom stereocenters. The number of rotatable bonds is 10. The van der Waals surface area contributed by atoms with Crippen LogP contribution in [-0.2, 0) is 17.8 Å². The van der Waals surface area contributed by atoms with E-state index in [4.69, 9.17) is 9.72 Å². The quantitative estimate of drug-likeness (QED) is 0.223. The Balaban J connectivity index is 1.30. The van der Waals surface area contributed by atoms with E-state index < -0.39 is 0 Å². The number of para-hydroxylation sites is 2. The van der Waals surface area contributed by atoms with Gasteiger partial charge in [-0.2, -0.15) is 0 Å². The second-order valence-corrected chi connectivity index (χ2v) is 10.2. The van der Waals surface area contributed by atoms with E-state index in [9.17, 15) is 4.79 Å². The fourth-order valence-electron chi connectivity index (χ4n) is 5.21. The summed E-state index contributed by atoms with van der Waals surface area (Å²) in [6.07, 6.45) is 4.82. The van der Waals surface area contributed by atoms with Crippen LogP contribution < -0.4 is 9.64 Å². The van der Waals surface area contributed by atoms with E-state index in [1.54, 1.807) is 0 Å². The average Bonchev–Trinajstić information content (AvgIpc) is 3.48. The van der Waals surface area contributed by atoms with Gasteiger partial charge in [-0.1, -0.05) is 43.7 Å². The fraction of sp³-hybridized carbons (Fsp3) is 0.375. The van der Waals surface area contributed by atoms with Crippen LogP contribution >= 0.6 is 0 Å². The van der Waals surface area contributed by atoms with Crippen molar-refractivity contribution in [2.75, 3.05) is 18.1 Å². The molecular weight excluding hydrogens is 458 g/mol. The first kappa shape index (κ1) is 25.1. The first-order valence-electron chi connectivity index (χ1n) is 13.6. The summed E-state index contributed by atoms with van der Waals surface area (Å²) in [6.45, 7) is 8.53. The molecule has 5 nitrogen and oxygen atoms in total. The van der Waals surface area contributed by atoms with Gasteiger partial charge in [0.25, 0.3) is 0 Å². The maximum absolute atomic E-state index is 13.1. The van der Waals surface area contributed by atoms with Crippen LogP contribution in [0.2, 0.25) is 0 Å². The van der Waals surface area contributed by atoms with Crippen molar-refractivity contribution < 1.29 is 9.53 Å². The molecule has 0 bridgehead atoms. The van der Waals surface area contributed by atoms with Gasteiger partial charge in [0.05, 0.1) is 17.6 Å². The zero-order valence-corrected chi connectivity index (χ0v) is 22.2. The molecule has 192 valence electrons. The van der Waals surface area contributed by atoms with E-state index in [2.05, 4.69) is 79.9 Å². The summed E-state index contributed by atoms with van der Waals surface area (Å²) in [4.78, 5) is 20.0. The van der Waals surface area contributed by atoms with Crippen LogP contribution in [-0.4, -0.2) is 28.6 Å². The van der Waals surface area contributed by atoms with Crippen LogP contribution in [0.15, 0.2) is 66.7 Å². The number of aromatic nitrogens is 2. The molecule has 5 heteroatoms. The molecular formula is C32H37N3O2. The fourth-order valence-corrected chi connectivity index (χ4v) is 5.21. The smallest absolute Gasteiger partial charge is 0.227 e. The molecule has 0 radical (unpaired) electrons. The number of ether oxygens (including phenoxy) is 1. The van der Waals surface area contributed by atoms with Crippen molar-refractivity contribution in [2.45, 2.75) is 65.3 Å². The van der Waals surface area contributed by atoms with Crippen molar-refractivity contribution in [2.24, 2.45) is 0 Å². The zero-order valence-electron chi connectivity index (χ0n) is 22.2. The van der Waals surface area contributed by atoms with Crippen molar-refractivity contribution in [1.29, 1.82) is 0 Å². The summed E-state index contributed by atoms with van der Waals surface area (Å²) in [5, 5.41) is 0. The number of hydrogen-bond donors (Lipinski definition) is 0. The summed E-state index contributed by atoms with van der Waals surface area (Å²) < 4.78 is 8.35. The third-order valence-corrected chi connectivity index (χ3v) is 7.51. The molecule has 1 aliphatic rings. The summed E-state index contributed by atoms with van der Waals surface area (Å²) in [7, 11) is 0. The predicted molar refractivity (Wildman–Crippen MR) is 151 cm³/mol. The van der Waals surface area contributed by atoms with Gasteiger partial charge in [-0.15, -0.1) is 0 Å². The molecule has 3 aromatic carbocycles. The lowest BCUT2D eigenvalue weighted by Crippen LogP contribution is -2.24. The number of fused-ring (bicyclic) bond motifs is 1. The minimum atomic E-state index is 0.0698. The molecule has 1 unspecified atom stereocenters. The van der Waals surface area contributed by atoms with Gasteiger partial charge in [-0.3, -0.25) is 4.79 Å². The predicted octanol–water partition coefficient (Wildman–Crippen LogP) is 6.99. The van der Waals surface area contributed by atoms with Crippen LogP contribution in [0, 0.1) is 13.8 Å². The number of hydrogen-bond acceptors (Lipinski definition) is 3. The Bertz CT molecular complexity index is 1370. The highest BCUT2D eigenvalue weighted by Crippen LogP contribution is 2.33. The number of anilines is 1. The maximum atomic E-state index is 13.1. The number of unbranched alkanes of at least 4 members (excludes halogenated alkanes) is 1. The molecule has 0 spiro atoms. The minimum Gasteiger partial charge on any atom is -0.494 e. The van der Waals surface area contributed by atoms with Gasteiger partial charge in [0.15, 0.2) is 0 Å². The van der Waals surface area contributed by atoms with Gasteiger partial charge in [0.2, 0.25) is 5.91 Å². The van der Waals surface area contributed by atoms with Crippen molar-refractivity contribution in [3.8, 4) is 5.75 Å². The normalized spacial score (nSPS) is 15.6. The van der Waals surface area contributed by atoms with Gasteiger partial charge in [0.1, 0.15) is 11.6 Å². The van der Waals surface area contributed by atoms with E-state index >= 15 is 0 Å². The van der Waals surface area contributed by atoms with Crippen molar-refractivity contribution in [3.63, 3.8) is 0 Å². The second kappa shape index (κ2) is 11.2. The molecule has 2 heterocycles. The zero-order chi connectivity index (χ0) is 25.8. The molecule has 4 aromatic rings. The Kier molecular flexibility index (Phi) is 7.59. The maximum Gasteiger partial charge on any atom is 0.227 e. The van der Waals surface area contributed by atoms with E-state index in [1.165, 1.54) is 29.5 Å². The summed E-state index contributed by atoms with van der Waals surface area (Å²) in [5.41, 5.74) is 6.94. The van der Waals surface area contributed by atoms with Gasteiger partial charge in [-0.05, 0) is 86.2 Å². The molecule has 1 fully saturated rings. The van der Waals surface area contributed by atoms with Crippen molar-refractivity contribution in [1.82, 2.24) is 9.55 Å². The molecule has 37 heavy (non-hydrogen) atoms. The van der Waals surface area contributed by atoms with E-state index in [0.717, 1.165) is 47.7 Å². The summed E-state index contributed by atoms with van der Waals surface area (Å²) in [5.74, 6) is 2.16. The Labute approximate surface area is 220 Å². The highest BCUT2D eigenvalue weighted by atomic mass is 16.5. The lowest BCUT2D eigenvalue weighted by molar-refractivity contribution is -0.117. The highest BCUT2D eigenvalue weighted by molar-refractivity contribution is 5.96. The van der Waals surface area contributed by atoms with E-state index in [-0.39, 0.29) is 11.8 Å². The highest BCUT2D eigenvalue weighted by Gasteiger charge is 2.34. The lowest BCUT2D eigenvalue weighted by atomic mass is 10.1. The van der Waals surface area contributed by atoms with Gasteiger partial charge in [0, 0.05) is 31.1 Å². The van der Waals surface area contributed by atoms with Gasteiger partial charge >= 0.3 is 0 Å². The molecule has 1 saturated heterocycles. The Morgan fingerprint density at radius 3 is 2.57 bits per heavy atom. The minimum absolute atomic E-state index is 0.0698. The van der Waals surface area contributed by atoms with Crippen LogP contribution in [0.1, 0.15) is 61.0 Å².